The first kappa shape index (κ1) is 17.7. The summed E-state index contributed by atoms with van der Waals surface area (Å²) in [4.78, 5) is 2.37. The predicted molar refractivity (Wildman–Crippen MR) is 93.5 cm³/mol. The highest BCUT2D eigenvalue weighted by Crippen LogP contribution is 2.22. The zero-order valence-electron chi connectivity index (χ0n) is 14.1. The van der Waals surface area contributed by atoms with Crippen LogP contribution in [0.15, 0.2) is 24.3 Å². The Balaban J connectivity index is 1.64. The van der Waals surface area contributed by atoms with E-state index in [4.69, 9.17) is 4.74 Å². The molecule has 0 spiro atoms. The highest BCUT2D eigenvalue weighted by atomic mass is 32.2. The molecule has 3 rings (SSSR count). The Morgan fingerprint density at radius 3 is 2.42 bits per heavy atom. The van der Waals surface area contributed by atoms with Crippen molar-refractivity contribution in [3.05, 3.63) is 29.8 Å². The van der Waals surface area contributed by atoms with Gasteiger partial charge in [0.1, 0.15) is 5.25 Å². The van der Waals surface area contributed by atoms with Crippen molar-refractivity contribution in [2.24, 2.45) is 0 Å². The van der Waals surface area contributed by atoms with Gasteiger partial charge in [0.15, 0.2) is 0 Å². The molecule has 0 amide bonds. The first-order valence-electron chi connectivity index (χ1n) is 8.53. The van der Waals surface area contributed by atoms with E-state index < -0.39 is 21.4 Å². The maximum Gasteiger partial charge on any atom is 0.221 e. The molecule has 2 aliphatic heterocycles. The molecule has 0 aliphatic carbocycles. The van der Waals surface area contributed by atoms with E-state index in [1.165, 1.54) is 29.3 Å². The number of benzene rings is 1. The van der Waals surface area contributed by atoms with Crippen LogP contribution in [0.5, 0.6) is 0 Å². The molecule has 2 unspecified atom stereocenters. The van der Waals surface area contributed by atoms with Gasteiger partial charge in [-0.3, -0.25) is 0 Å². The van der Waals surface area contributed by atoms with Crippen LogP contribution in [0.4, 0.5) is 5.69 Å². The number of anilines is 1. The maximum absolute atomic E-state index is 12.5. The van der Waals surface area contributed by atoms with Crippen molar-refractivity contribution in [1.29, 1.82) is 0 Å². The first-order valence-corrected chi connectivity index (χ1v) is 10.0. The van der Waals surface area contributed by atoms with Crippen LogP contribution in [0.25, 0.3) is 0 Å². The third-order valence-electron chi connectivity index (χ3n) is 4.88. The van der Waals surface area contributed by atoms with E-state index >= 15 is 0 Å². The van der Waals surface area contributed by atoms with Crippen molar-refractivity contribution in [3.63, 3.8) is 0 Å². The van der Waals surface area contributed by atoms with Crippen LogP contribution in [-0.4, -0.2) is 62.5 Å². The Labute approximate surface area is 144 Å². The zero-order valence-corrected chi connectivity index (χ0v) is 14.9. The predicted octanol–water partition coefficient (Wildman–Crippen LogP) is 1.20. The van der Waals surface area contributed by atoms with Gasteiger partial charge >= 0.3 is 0 Å². The number of sulfonamides is 1. The fraction of sp³-hybridized carbons (Fsp3) is 0.647. The van der Waals surface area contributed by atoms with E-state index in [-0.39, 0.29) is 13.2 Å². The number of aliphatic hydroxyl groups excluding tert-OH is 1. The minimum atomic E-state index is -3.57. The van der Waals surface area contributed by atoms with Crippen molar-refractivity contribution >= 4 is 15.7 Å². The van der Waals surface area contributed by atoms with E-state index in [0.29, 0.717) is 6.54 Å². The van der Waals surface area contributed by atoms with Gasteiger partial charge in [0, 0.05) is 32.4 Å². The summed E-state index contributed by atoms with van der Waals surface area (Å²) in [7, 11) is -2.01. The van der Waals surface area contributed by atoms with E-state index in [1.54, 1.807) is 7.05 Å². The fourth-order valence-electron chi connectivity index (χ4n) is 3.35. The molecular formula is C17H26N2O4S. The molecule has 6 nitrogen and oxygen atoms in total. The molecule has 24 heavy (non-hydrogen) atoms. The topological polar surface area (TPSA) is 70.1 Å². The number of rotatable bonds is 5. The van der Waals surface area contributed by atoms with E-state index in [2.05, 4.69) is 17.0 Å². The van der Waals surface area contributed by atoms with Crippen LogP contribution in [-0.2, 0) is 21.3 Å². The minimum absolute atomic E-state index is 0.0573. The second-order valence-corrected chi connectivity index (χ2v) is 8.92. The summed E-state index contributed by atoms with van der Waals surface area (Å²) in [6.45, 7) is 2.62. The summed E-state index contributed by atoms with van der Waals surface area (Å²) < 4.78 is 31.5. The Morgan fingerprint density at radius 1 is 1.17 bits per heavy atom. The van der Waals surface area contributed by atoms with Gasteiger partial charge in [0.05, 0.1) is 19.3 Å². The molecule has 2 aliphatic rings. The lowest BCUT2D eigenvalue weighted by molar-refractivity contribution is 0.127. The van der Waals surface area contributed by atoms with Crippen molar-refractivity contribution in [1.82, 2.24) is 4.31 Å². The third kappa shape index (κ3) is 3.74. The van der Waals surface area contributed by atoms with Gasteiger partial charge in [0.25, 0.3) is 0 Å². The van der Waals surface area contributed by atoms with E-state index in [0.717, 1.165) is 18.7 Å². The van der Waals surface area contributed by atoms with Crippen molar-refractivity contribution in [2.75, 3.05) is 38.3 Å². The number of ether oxygens (including phenoxy) is 1. The molecule has 2 saturated heterocycles. The Kier molecular flexibility index (Phi) is 5.44. The van der Waals surface area contributed by atoms with Crippen LogP contribution in [0.1, 0.15) is 24.8 Å². The molecule has 1 aromatic rings. The lowest BCUT2D eigenvalue weighted by atomic mass is 10.1. The monoisotopic (exact) mass is 354 g/mol. The van der Waals surface area contributed by atoms with Gasteiger partial charge in [-0.2, -0.15) is 0 Å². The average Bonchev–Trinajstić information content (AvgIpc) is 3.03. The van der Waals surface area contributed by atoms with Gasteiger partial charge in [-0.05, 0) is 37.0 Å². The first-order chi connectivity index (χ1) is 11.5. The number of piperidine rings is 1. The molecular weight excluding hydrogens is 328 g/mol. The zero-order chi connectivity index (χ0) is 17.2. The molecule has 0 bridgehead atoms. The smallest absolute Gasteiger partial charge is 0.221 e. The highest BCUT2D eigenvalue weighted by Gasteiger charge is 2.39. The van der Waals surface area contributed by atoms with Crippen LogP contribution in [0.3, 0.4) is 0 Å². The van der Waals surface area contributed by atoms with Crippen molar-refractivity contribution in [3.8, 4) is 0 Å². The van der Waals surface area contributed by atoms with Gasteiger partial charge in [-0.1, -0.05) is 12.1 Å². The SMILES string of the molecule is CN(Cc1ccc(N2CCCCC2)cc1)S(=O)(=O)C1COCC1O. The summed E-state index contributed by atoms with van der Waals surface area (Å²) in [5.41, 5.74) is 2.14. The van der Waals surface area contributed by atoms with Gasteiger partial charge in [0.2, 0.25) is 10.0 Å². The lowest BCUT2D eigenvalue weighted by Crippen LogP contribution is -2.41. The molecule has 7 heteroatoms. The van der Waals surface area contributed by atoms with Gasteiger partial charge < -0.3 is 14.7 Å². The van der Waals surface area contributed by atoms with Crippen LogP contribution < -0.4 is 4.90 Å². The number of nitrogens with zero attached hydrogens (tertiary/aromatic N) is 2. The third-order valence-corrected chi connectivity index (χ3v) is 7.09. The van der Waals surface area contributed by atoms with Crippen LogP contribution in [0.2, 0.25) is 0 Å². The molecule has 1 aromatic carbocycles. The summed E-state index contributed by atoms with van der Waals surface area (Å²) in [5.74, 6) is 0. The molecule has 0 radical (unpaired) electrons. The standard InChI is InChI=1S/C17H26N2O4S/c1-18(24(21,22)17-13-23-12-16(17)20)11-14-5-7-15(8-6-14)19-9-3-2-4-10-19/h5-8,16-17,20H,2-4,9-13H2,1H3. The summed E-state index contributed by atoms with van der Waals surface area (Å²) in [6, 6.07) is 8.10. The lowest BCUT2D eigenvalue weighted by Gasteiger charge is -2.29. The molecule has 1 N–H and O–H groups in total. The molecule has 2 fully saturated rings. The average molecular weight is 354 g/mol. The second-order valence-electron chi connectivity index (χ2n) is 6.66. The van der Waals surface area contributed by atoms with Crippen LogP contribution in [0, 0.1) is 0 Å². The quantitative estimate of drug-likeness (QED) is 0.860. The largest absolute Gasteiger partial charge is 0.389 e. The second kappa shape index (κ2) is 7.39. The van der Waals surface area contributed by atoms with E-state index in [1.807, 2.05) is 12.1 Å². The van der Waals surface area contributed by atoms with Gasteiger partial charge in [-0.25, -0.2) is 12.7 Å². The van der Waals surface area contributed by atoms with Crippen molar-refractivity contribution in [2.45, 2.75) is 37.2 Å². The van der Waals surface area contributed by atoms with Crippen LogP contribution >= 0.6 is 0 Å². The molecule has 2 heterocycles. The number of hydrogen-bond acceptors (Lipinski definition) is 5. The van der Waals surface area contributed by atoms with E-state index in [9.17, 15) is 13.5 Å². The molecule has 134 valence electrons. The van der Waals surface area contributed by atoms with Gasteiger partial charge in [-0.15, -0.1) is 0 Å². The Hall–Kier alpha value is -1.15. The molecule has 0 aromatic heterocycles. The highest BCUT2D eigenvalue weighted by molar-refractivity contribution is 7.89. The number of aliphatic hydroxyl groups is 1. The Bertz CT molecular complexity index is 641. The Morgan fingerprint density at radius 2 is 1.83 bits per heavy atom. The maximum atomic E-state index is 12.5. The van der Waals surface area contributed by atoms with Crippen molar-refractivity contribution < 1.29 is 18.3 Å². The summed E-state index contributed by atoms with van der Waals surface area (Å²) in [5, 5.41) is 8.92. The minimum Gasteiger partial charge on any atom is -0.389 e. The molecule has 0 saturated carbocycles. The molecule has 2 atom stereocenters. The number of hydrogen-bond donors (Lipinski definition) is 1. The summed E-state index contributed by atoms with van der Waals surface area (Å²) >= 11 is 0. The fourth-order valence-corrected chi connectivity index (χ4v) is 4.89. The summed E-state index contributed by atoms with van der Waals surface area (Å²) in [6.07, 6.45) is 2.82. The normalized spacial score (nSPS) is 25.4.